The van der Waals surface area contributed by atoms with Gasteiger partial charge in [0.25, 0.3) is 0 Å². The first kappa shape index (κ1) is 14.6. The van der Waals surface area contributed by atoms with Crippen molar-refractivity contribution in [2.24, 2.45) is 17.6 Å². The van der Waals surface area contributed by atoms with Gasteiger partial charge in [0.2, 0.25) is 0 Å². The number of rotatable bonds is 3. The van der Waals surface area contributed by atoms with E-state index in [1.807, 2.05) is 0 Å². The maximum atomic E-state index is 11.1. The molecule has 2 atom stereocenters. The lowest BCUT2D eigenvalue weighted by Crippen LogP contribution is -2.51. The molecule has 2 rings (SSSR count). The molecule has 0 aromatic rings. The van der Waals surface area contributed by atoms with Gasteiger partial charge in [-0.15, -0.1) is 0 Å². The van der Waals surface area contributed by atoms with Crippen LogP contribution < -0.4 is 11.1 Å². The number of carbonyl (C=O) groups excluding carboxylic acids is 1. The summed E-state index contributed by atoms with van der Waals surface area (Å²) in [5, 5.41) is 3.87. The van der Waals surface area contributed by atoms with Gasteiger partial charge in [0.05, 0.1) is 0 Å². The Hall–Kier alpha value is -0.770. The van der Waals surface area contributed by atoms with E-state index in [4.69, 9.17) is 5.73 Å². The van der Waals surface area contributed by atoms with Crippen LogP contribution in [0.2, 0.25) is 0 Å². The van der Waals surface area contributed by atoms with Crippen molar-refractivity contribution >= 4 is 6.03 Å². The van der Waals surface area contributed by atoms with Crippen molar-refractivity contribution in [1.29, 1.82) is 0 Å². The largest absolute Gasteiger partial charge is 0.351 e. The fraction of sp³-hybridized carbons (Fsp3) is 0.933. The van der Waals surface area contributed by atoms with Crippen molar-refractivity contribution < 1.29 is 4.79 Å². The number of primary amides is 1. The SMILES string of the molecule is CC(C)C1CCCCC1NC1CCN(C(N)=O)CC1. The number of piperidine rings is 1. The van der Waals surface area contributed by atoms with Crippen LogP contribution in [-0.2, 0) is 0 Å². The average Bonchev–Trinajstić information content (AvgIpc) is 2.39. The molecular formula is C15H29N3O. The van der Waals surface area contributed by atoms with Crippen molar-refractivity contribution in [2.75, 3.05) is 13.1 Å². The van der Waals surface area contributed by atoms with Gasteiger partial charge in [-0.3, -0.25) is 0 Å². The predicted molar refractivity (Wildman–Crippen MR) is 77.9 cm³/mol. The molecule has 0 spiro atoms. The summed E-state index contributed by atoms with van der Waals surface area (Å²) in [6, 6.07) is 0.981. The van der Waals surface area contributed by atoms with Crippen molar-refractivity contribution in [3.63, 3.8) is 0 Å². The number of amides is 2. The number of carbonyl (C=O) groups is 1. The number of likely N-dealkylation sites (tertiary alicyclic amines) is 1. The van der Waals surface area contributed by atoms with Crippen LogP contribution in [0.15, 0.2) is 0 Å². The zero-order valence-electron chi connectivity index (χ0n) is 12.4. The maximum absolute atomic E-state index is 11.1. The van der Waals surface area contributed by atoms with Crippen LogP contribution in [0.3, 0.4) is 0 Å². The Morgan fingerprint density at radius 3 is 2.37 bits per heavy atom. The van der Waals surface area contributed by atoms with Gasteiger partial charge >= 0.3 is 6.03 Å². The number of urea groups is 1. The van der Waals surface area contributed by atoms with Gasteiger partial charge in [-0.05, 0) is 37.5 Å². The Morgan fingerprint density at radius 1 is 1.16 bits per heavy atom. The second-order valence-electron chi connectivity index (χ2n) is 6.57. The molecule has 0 aromatic heterocycles. The van der Waals surface area contributed by atoms with E-state index in [-0.39, 0.29) is 6.03 Å². The minimum atomic E-state index is -0.267. The molecule has 0 radical (unpaired) electrons. The fourth-order valence-electron chi connectivity index (χ4n) is 3.73. The molecule has 0 aromatic carbocycles. The molecule has 2 fully saturated rings. The fourth-order valence-corrected chi connectivity index (χ4v) is 3.73. The molecule has 1 saturated carbocycles. The molecule has 110 valence electrons. The standard InChI is InChI=1S/C15H29N3O/c1-11(2)13-5-3-4-6-14(13)17-12-7-9-18(10-8-12)15(16)19/h11-14,17H,3-10H2,1-2H3,(H2,16,19). The molecule has 19 heavy (non-hydrogen) atoms. The topological polar surface area (TPSA) is 58.4 Å². The predicted octanol–water partition coefficient (Wildman–Crippen LogP) is 2.33. The molecule has 2 amide bonds. The van der Waals surface area contributed by atoms with E-state index in [1.165, 1.54) is 25.7 Å². The minimum absolute atomic E-state index is 0.267. The molecular weight excluding hydrogens is 238 g/mol. The van der Waals surface area contributed by atoms with Crippen LogP contribution in [0, 0.1) is 11.8 Å². The van der Waals surface area contributed by atoms with Crippen molar-refractivity contribution in [3.05, 3.63) is 0 Å². The molecule has 1 saturated heterocycles. The zero-order chi connectivity index (χ0) is 13.8. The van der Waals surface area contributed by atoms with Gasteiger partial charge in [0.15, 0.2) is 0 Å². The van der Waals surface area contributed by atoms with E-state index < -0.39 is 0 Å². The summed E-state index contributed by atoms with van der Waals surface area (Å²) < 4.78 is 0. The van der Waals surface area contributed by atoms with E-state index in [2.05, 4.69) is 19.2 Å². The Morgan fingerprint density at radius 2 is 1.79 bits per heavy atom. The highest BCUT2D eigenvalue weighted by molar-refractivity contribution is 5.72. The lowest BCUT2D eigenvalue weighted by Gasteiger charge is -2.40. The second kappa shape index (κ2) is 6.60. The lowest BCUT2D eigenvalue weighted by molar-refractivity contribution is 0.155. The van der Waals surface area contributed by atoms with Crippen LogP contribution in [0.5, 0.6) is 0 Å². The summed E-state index contributed by atoms with van der Waals surface area (Å²) in [5.74, 6) is 1.59. The Kier molecular flexibility index (Phi) is 5.08. The van der Waals surface area contributed by atoms with Gasteiger partial charge < -0.3 is 16.0 Å². The lowest BCUT2D eigenvalue weighted by atomic mass is 9.77. The van der Waals surface area contributed by atoms with Crippen molar-refractivity contribution in [2.45, 2.75) is 64.5 Å². The van der Waals surface area contributed by atoms with Gasteiger partial charge in [-0.2, -0.15) is 0 Å². The number of nitrogens with one attached hydrogen (secondary N) is 1. The molecule has 1 aliphatic carbocycles. The summed E-state index contributed by atoms with van der Waals surface area (Å²) in [6.07, 6.45) is 7.53. The van der Waals surface area contributed by atoms with Gasteiger partial charge in [0, 0.05) is 25.2 Å². The Bertz CT molecular complexity index is 298. The number of nitrogens with zero attached hydrogens (tertiary/aromatic N) is 1. The zero-order valence-corrected chi connectivity index (χ0v) is 12.4. The van der Waals surface area contributed by atoms with E-state index in [0.29, 0.717) is 12.1 Å². The smallest absolute Gasteiger partial charge is 0.314 e. The average molecular weight is 267 g/mol. The number of hydrogen-bond acceptors (Lipinski definition) is 2. The van der Waals surface area contributed by atoms with Gasteiger partial charge in [0.1, 0.15) is 0 Å². The quantitative estimate of drug-likeness (QED) is 0.824. The summed E-state index contributed by atoms with van der Waals surface area (Å²) >= 11 is 0. The molecule has 2 unspecified atom stereocenters. The van der Waals surface area contributed by atoms with Crippen LogP contribution in [0.1, 0.15) is 52.4 Å². The molecule has 4 nitrogen and oxygen atoms in total. The van der Waals surface area contributed by atoms with Crippen LogP contribution >= 0.6 is 0 Å². The maximum Gasteiger partial charge on any atom is 0.314 e. The summed E-state index contributed by atoms with van der Waals surface area (Å²) in [4.78, 5) is 12.9. The Labute approximate surface area is 117 Å². The van der Waals surface area contributed by atoms with Crippen LogP contribution in [-0.4, -0.2) is 36.1 Å². The number of nitrogens with two attached hydrogens (primary N) is 1. The molecule has 1 aliphatic heterocycles. The first-order valence-corrected chi connectivity index (χ1v) is 7.88. The van der Waals surface area contributed by atoms with E-state index in [1.54, 1.807) is 4.90 Å². The van der Waals surface area contributed by atoms with E-state index in [9.17, 15) is 4.79 Å². The third kappa shape index (κ3) is 3.85. The molecule has 1 heterocycles. The number of hydrogen-bond donors (Lipinski definition) is 2. The van der Waals surface area contributed by atoms with Crippen LogP contribution in [0.25, 0.3) is 0 Å². The van der Waals surface area contributed by atoms with Crippen LogP contribution in [0.4, 0.5) is 4.79 Å². The summed E-state index contributed by atoms with van der Waals surface area (Å²) in [7, 11) is 0. The van der Waals surface area contributed by atoms with Crippen molar-refractivity contribution in [1.82, 2.24) is 10.2 Å². The van der Waals surface area contributed by atoms with Gasteiger partial charge in [-0.25, -0.2) is 4.79 Å². The van der Waals surface area contributed by atoms with E-state index >= 15 is 0 Å². The monoisotopic (exact) mass is 267 g/mol. The normalized spacial score (nSPS) is 29.7. The second-order valence-corrected chi connectivity index (χ2v) is 6.57. The minimum Gasteiger partial charge on any atom is -0.351 e. The highest BCUT2D eigenvalue weighted by Gasteiger charge is 2.30. The summed E-state index contributed by atoms with van der Waals surface area (Å²) in [5.41, 5.74) is 5.33. The molecule has 4 heteroatoms. The first-order valence-electron chi connectivity index (χ1n) is 7.88. The molecule has 3 N–H and O–H groups in total. The van der Waals surface area contributed by atoms with Crippen molar-refractivity contribution in [3.8, 4) is 0 Å². The molecule has 2 aliphatic rings. The summed E-state index contributed by atoms with van der Waals surface area (Å²) in [6.45, 7) is 6.32. The van der Waals surface area contributed by atoms with E-state index in [0.717, 1.165) is 37.8 Å². The van der Waals surface area contributed by atoms with Gasteiger partial charge in [-0.1, -0.05) is 26.7 Å². The highest BCUT2D eigenvalue weighted by Crippen LogP contribution is 2.31. The third-order valence-electron chi connectivity index (χ3n) is 4.93. The third-order valence-corrected chi connectivity index (χ3v) is 4.93. The highest BCUT2D eigenvalue weighted by atomic mass is 16.2. The molecule has 0 bridgehead atoms. The first-order chi connectivity index (χ1) is 9.08. The Balaban J connectivity index is 1.82.